The van der Waals surface area contributed by atoms with Gasteiger partial charge in [-0.1, -0.05) is 19.7 Å². The van der Waals surface area contributed by atoms with Crippen LogP contribution in [0.15, 0.2) is 36.5 Å². The minimum absolute atomic E-state index is 0.0157. The number of quaternary nitrogens is 1. The summed E-state index contributed by atoms with van der Waals surface area (Å²) in [4.78, 5) is 58.8. The molecule has 0 aromatic heterocycles. The maximum atomic E-state index is 12.0. The number of aliphatic hydroxyl groups is 1. The number of carbonyl (C=O) groups is 5. The molecule has 0 fully saturated rings. The molecule has 0 aliphatic carbocycles. The third-order valence-electron chi connectivity index (χ3n) is 5.57. The number of alkyl carbamates (subject to hydrolysis) is 3. The molecule has 1 atom stereocenters. The van der Waals surface area contributed by atoms with Gasteiger partial charge < -0.3 is 54.0 Å². The molecule has 0 aromatic carbocycles. The zero-order valence-corrected chi connectivity index (χ0v) is 26.1. The number of ether oxygens (including phenoxy) is 6. The Bertz CT molecular complexity index is 949. The van der Waals surface area contributed by atoms with Gasteiger partial charge in [-0.15, -0.1) is 0 Å². The molecule has 0 rings (SSSR count). The molecule has 0 saturated carbocycles. The van der Waals surface area contributed by atoms with Crippen LogP contribution in [0.4, 0.5) is 14.4 Å². The summed E-state index contributed by atoms with van der Waals surface area (Å²) in [5.74, 6) is -1.14. The van der Waals surface area contributed by atoms with E-state index in [1.54, 1.807) is 14.0 Å². The molecule has 0 spiro atoms. The number of likely N-dealkylation sites (N-methyl/N-ethyl adjacent to an activating group) is 1. The molecular formula is C28H47N4O12+. The molecule has 0 aliphatic rings. The quantitative estimate of drug-likeness (QED) is 0.0249. The van der Waals surface area contributed by atoms with Crippen LogP contribution in [-0.2, 0) is 38.0 Å². The van der Waals surface area contributed by atoms with Crippen LogP contribution in [-0.4, -0.2) is 132 Å². The first-order valence-electron chi connectivity index (χ1n) is 13.8. The molecule has 3 amide bonds. The van der Waals surface area contributed by atoms with Gasteiger partial charge in [-0.25, -0.2) is 24.0 Å². The van der Waals surface area contributed by atoms with Gasteiger partial charge in [-0.2, -0.15) is 0 Å². The Kier molecular flexibility index (Phi) is 20.3. The third-order valence-corrected chi connectivity index (χ3v) is 5.57. The molecule has 0 heterocycles. The molecule has 250 valence electrons. The van der Waals surface area contributed by atoms with Gasteiger partial charge in [0.1, 0.15) is 52.7 Å². The van der Waals surface area contributed by atoms with Gasteiger partial charge in [-0.3, -0.25) is 0 Å². The van der Waals surface area contributed by atoms with Crippen molar-refractivity contribution in [2.45, 2.75) is 27.1 Å². The van der Waals surface area contributed by atoms with Crippen LogP contribution in [0.3, 0.4) is 0 Å². The molecule has 0 bridgehead atoms. The summed E-state index contributed by atoms with van der Waals surface area (Å²) in [6.45, 7) is 16.0. The molecule has 16 heteroatoms. The van der Waals surface area contributed by atoms with E-state index < -0.39 is 36.5 Å². The number of amides is 3. The molecule has 0 aliphatic heterocycles. The standard InChI is InChI=1S/C28H46N4O12/c1-20(2)23(33)39-14-8-29-26(36)42-17-11-32(7,12-18-43-27(37)30-9-15-40-24(34)21(3)4)13-19-44-28(38)31-10-16-41-25(35)22(5)6/h23,33H,1,3,5,8-19H2,2,4,6-7H3,(H2-,29,30,31,36,37,38)/p+1. The molecule has 0 saturated heterocycles. The molecule has 1 unspecified atom stereocenters. The van der Waals surface area contributed by atoms with Crippen LogP contribution in [0.2, 0.25) is 0 Å². The van der Waals surface area contributed by atoms with Crippen molar-refractivity contribution in [3.8, 4) is 0 Å². The van der Waals surface area contributed by atoms with E-state index >= 15 is 0 Å². The van der Waals surface area contributed by atoms with Crippen molar-refractivity contribution >= 4 is 30.2 Å². The van der Waals surface area contributed by atoms with E-state index in [0.29, 0.717) is 5.57 Å². The number of hydrogen-bond acceptors (Lipinski definition) is 12. The SMILES string of the molecule is C=C(C)C(=O)OCCNC(=O)OCC[N+](C)(CCOC(=O)NCCOC(=O)C(=C)C)CCOC(=O)NCCOC(O)C(=C)C. The van der Waals surface area contributed by atoms with Gasteiger partial charge in [0, 0.05) is 17.7 Å². The van der Waals surface area contributed by atoms with Crippen LogP contribution < -0.4 is 16.0 Å². The maximum Gasteiger partial charge on any atom is 0.407 e. The Morgan fingerprint density at radius 3 is 1.27 bits per heavy atom. The van der Waals surface area contributed by atoms with E-state index in [2.05, 4.69) is 35.7 Å². The summed E-state index contributed by atoms with van der Waals surface area (Å²) in [7, 11) is 1.80. The van der Waals surface area contributed by atoms with Gasteiger partial charge in [0.05, 0.1) is 26.7 Å². The second-order valence-corrected chi connectivity index (χ2v) is 9.88. The Hall–Kier alpha value is -4.15. The lowest BCUT2D eigenvalue weighted by atomic mass is 10.3. The van der Waals surface area contributed by atoms with Gasteiger partial charge >= 0.3 is 30.2 Å². The number of nitrogens with one attached hydrogen (secondary N) is 3. The van der Waals surface area contributed by atoms with Crippen LogP contribution in [0.5, 0.6) is 0 Å². The Balaban J connectivity index is 4.71. The van der Waals surface area contributed by atoms with Gasteiger partial charge in [0.15, 0.2) is 6.29 Å². The number of nitrogens with zero attached hydrogens (tertiary/aromatic N) is 1. The summed E-state index contributed by atoms with van der Waals surface area (Å²) >= 11 is 0. The van der Waals surface area contributed by atoms with Crippen molar-refractivity contribution in [3.05, 3.63) is 36.5 Å². The lowest BCUT2D eigenvalue weighted by molar-refractivity contribution is -0.909. The molecule has 0 radical (unpaired) electrons. The molecule has 16 nitrogen and oxygen atoms in total. The number of hydrogen-bond donors (Lipinski definition) is 4. The monoisotopic (exact) mass is 631 g/mol. The Morgan fingerprint density at radius 2 is 0.955 bits per heavy atom. The topological polar surface area (TPSA) is 197 Å². The summed E-state index contributed by atoms with van der Waals surface area (Å²) < 4.78 is 30.7. The molecular weight excluding hydrogens is 584 g/mol. The van der Waals surface area contributed by atoms with Crippen LogP contribution in [0.1, 0.15) is 20.8 Å². The van der Waals surface area contributed by atoms with E-state index in [0.717, 1.165) is 0 Å². The largest absolute Gasteiger partial charge is 0.460 e. The third kappa shape index (κ3) is 20.7. The average Bonchev–Trinajstić information content (AvgIpc) is 2.95. The van der Waals surface area contributed by atoms with Gasteiger partial charge in [0.2, 0.25) is 0 Å². The van der Waals surface area contributed by atoms with E-state index in [1.165, 1.54) is 13.8 Å². The zero-order valence-electron chi connectivity index (χ0n) is 26.1. The summed E-state index contributed by atoms with van der Waals surface area (Å²) in [5.41, 5.74) is 0.911. The van der Waals surface area contributed by atoms with Crippen molar-refractivity contribution in [3.63, 3.8) is 0 Å². The molecule has 4 N–H and O–H groups in total. The van der Waals surface area contributed by atoms with Crippen LogP contribution >= 0.6 is 0 Å². The van der Waals surface area contributed by atoms with Crippen molar-refractivity contribution in [2.24, 2.45) is 0 Å². The van der Waals surface area contributed by atoms with Gasteiger partial charge in [-0.05, 0) is 26.3 Å². The molecule has 0 aromatic rings. The summed E-state index contributed by atoms with van der Waals surface area (Å²) in [5, 5.41) is 16.9. The fraction of sp³-hybridized carbons (Fsp3) is 0.607. The number of esters is 2. The lowest BCUT2D eigenvalue weighted by Gasteiger charge is -2.33. The van der Waals surface area contributed by atoms with Gasteiger partial charge in [0.25, 0.3) is 0 Å². The predicted molar refractivity (Wildman–Crippen MR) is 157 cm³/mol. The average molecular weight is 632 g/mol. The summed E-state index contributed by atoms with van der Waals surface area (Å²) in [6, 6.07) is 0. The minimum atomic E-state index is -1.13. The van der Waals surface area contributed by atoms with E-state index in [1.807, 2.05) is 0 Å². The highest BCUT2D eigenvalue weighted by Gasteiger charge is 2.24. The van der Waals surface area contributed by atoms with Crippen LogP contribution in [0.25, 0.3) is 0 Å². The second kappa shape index (κ2) is 22.4. The lowest BCUT2D eigenvalue weighted by Crippen LogP contribution is -2.51. The first-order valence-corrected chi connectivity index (χ1v) is 13.8. The second-order valence-electron chi connectivity index (χ2n) is 9.88. The van der Waals surface area contributed by atoms with Crippen molar-refractivity contribution in [1.29, 1.82) is 0 Å². The van der Waals surface area contributed by atoms with Crippen molar-refractivity contribution in [2.75, 3.05) is 86.0 Å². The fourth-order valence-corrected chi connectivity index (χ4v) is 2.87. The highest BCUT2D eigenvalue weighted by atomic mass is 16.6. The first kappa shape index (κ1) is 39.8. The smallest absolute Gasteiger partial charge is 0.407 e. The van der Waals surface area contributed by atoms with Crippen molar-refractivity contribution in [1.82, 2.24) is 16.0 Å². The predicted octanol–water partition coefficient (Wildman–Crippen LogP) is 0.761. The Morgan fingerprint density at radius 1 is 0.614 bits per heavy atom. The Labute approximate surface area is 257 Å². The number of rotatable bonds is 22. The highest BCUT2D eigenvalue weighted by molar-refractivity contribution is 5.87. The van der Waals surface area contributed by atoms with E-state index in [-0.39, 0.29) is 94.5 Å². The van der Waals surface area contributed by atoms with E-state index in [9.17, 15) is 29.1 Å². The number of aliphatic hydroxyl groups excluding tert-OH is 1. The maximum absolute atomic E-state index is 12.0. The zero-order chi connectivity index (χ0) is 33.5. The normalized spacial score (nSPS) is 11.3. The van der Waals surface area contributed by atoms with Crippen molar-refractivity contribution < 1.29 is 62.0 Å². The highest BCUT2D eigenvalue weighted by Crippen LogP contribution is 2.04. The molecule has 44 heavy (non-hydrogen) atoms. The number of carbonyl (C=O) groups excluding carboxylic acids is 5. The fourth-order valence-electron chi connectivity index (χ4n) is 2.87. The summed E-state index contributed by atoms with van der Waals surface area (Å²) in [6.07, 6.45) is -3.27. The van der Waals surface area contributed by atoms with Crippen LogP contribution in [0, 0.1) is 0 Å². The first-order chi connectivity index (χ1) is 20.7. The minimum Gasteiger partial charge on any atom is -0.460 e. The van der Waals surface area contributed by atoms with E-state index in [4.69, 9.17) is 28.4 Å².